The molecule has 0 aliphatic rings. The summed E-state index contributed by atoms with van der Waals surface area (Å²) in [5, 5.41) is 11.8. The van der Waals surface area contributed by atoms with Gasteiger partial charge in [0.1, 0.15) is 11.5 Å². The van der Waals surface area contributed by atoms with Crippen molar-refractivity contribution in [3.05, 3.63) is 66.4 Å². The first-order valence-corrected chi connectivity index (χ1v) is 9.25. The Bertz CT molecular complexity index is 1310. The number of halogens is 1. The quantitative estimate of drug-likeness (QED) is 0.363. The van der Waals surface area contributed by atoms with E-state index in [-0.39, 0.29) is 28.5 Å². The molecular formula is C21H17FN6O4. The maximum Gasteiger partial charge on any atom is 0.323 e. The number of amides is 3. The highest BCUT2D eigenvalue weighted by Crippen LogP contribution is 2.34. The second kappa shape index (κ2) is 8.60. The summed E-state index contributed by atoms with van der Waals surface area (Å²) in [6, 6.07) is 7.96. The van der Waals surface area contributed by atoms with Gasteiger partial charge in [-0.25, -0.2) is 9.18 Å². The van der Waals surface area contributed by atoms with Crippen molar-refractivity contribution in [2.24, 2.45) is 5.73 Å². The molecule has 0 spiro atoms. The lowest BCUT2D eigenvalue weighted by atomic mass is 10.1. The normalized spacial score (nSPS) is 10.6. The van der Waals surface area contributed by atoms with Crippen LogP contribution < -0.4 is 25.8 Å². The summed E-state index contributed by atoms with van der Waals surface area (Å²) < 4.78 is 25.6. The van der Waals surface area contributed by atoms with Crippen molar-refractivity contribution in [1.29, 1.82) is 0 Å². The number of anilines is 2. The van der Waals surface area contributed by atoms with E-state index in [2.05, 4.69) is 25.8 Å². The second-order valence-corrected chi connectivity index (χ2v) is 6.56. The highest BCUT2D eigenvalue weighted by atomic mass is 19.1. The van der Waals surface area contributed by atoms with Crippen molar-refractivity contribution in [2.45, 2.75) is 0 Å². The minimum atomic E-state index is -0.709. The molecule has 2 heterocycles. The Morgan fingerprint density at radius 1 is 1.06 bits per heavy atom. The van der Waals surface area contributed by atoms with E-state index in [0.29, 0.717) is 16.6 Å². The number of nitrogens with two attached hydrogens (primary N) is 1. The Hall–Kier alpha value is -4.67. The van der Waals surface area contributed by atoms with Crippen LogP contribution in [0.3, 0.4) is 0 Å². The number of hydrogen-bond donors (Lipinski definition) is 4. The van der Waals surface area contributed by atoms with Crippen molar-refractivity contribution >= 4 is 34.2 Å². The summed E-state index contributed by atoms with van der Waals surface area (Å²) >= 11 is 0. The van der Waals surface area contributed by atoms with Crippen molar-refractivity contribution in [2.75, 3.05) is 17.7 Å². The van der Waals surface area contributed by atoms with Gasteiger partial charge >= 0.3 is 6.03 Å². The molecule has 4 rings (SSSR count). The SMILES string of the molecule is COc1cc2nccc(Oc3ccc(NC(=O)Nc4cn[nH]c4)cc3F)c2cc1C(N)=O. The number of aromatic nitrogens is 3. The molecule has 0 aliphatic carbocycles. The van der Waals surface area contributed by atoms with Gasteiger partial charge in [0.15, 0.2) is 11.6 Å². The molecule has 0 radical (unpaired) electrons. The van der Waals surface area contributed by atoms with Crippen LogP contribution in [-0.2, 0) is 0 Å². The molecule has 32 heavy (non-hydrogen) atoms. The summed E-state index contributed by atoms with van der Waals surface area (Å²) in [5.41, 5.74) is 6.71. The molecule has 0 saturated carbocycles. The van der Waals surface area contributed by atoms with Crippen LogP contribution in [-0.4, -0.2) is 34.2 Å². The lowest BCUT2D eigenvalue weighted by Crippen LogP contribution is -2.19. The van der Waals surface area contributed by atoms with Crippen LogP contribution >= 0.6 is 0 Å². The Morgan fingerprint density at radius 2 is 1.88 bits per heavy atom. The maximum absolute atomic E-state index is 14.7. The number of urea groups is 1. The number of nitrogens with zero attached hydrogens (tertiary/aromatic N) is 2. The topological polar surface area (TPSA) is 144 Å². The molecule has 10 nitrogen and oxygen atoms in total. The molecule has 11 heteroatoms. The molecule has 2 aromatic heterocycles. The summed E-state index contributed by atoms with van der Waals surface area (Å²) in [6.45, 7) is 0. The monoisotopic (exact) mass is 436 g/mol. The summed E-state index contributed by atoms with van der Waals surface area (Å²) in [4.78, 5) is 28.0. The number of H-pyrrole nitrogens is 1. The molecule has 2 aromatic carbocycles. The fraction of sp³-hybridized carbons (Fsp3) is 0.0476. The van der Waals surface area contributed by atoms with Crippen LogP contribution in [0, 0.1) is 5.82 Å². The number of rotatable bonds is 6. The molecule has 3 amide bonds. The van der Waals surface area contributed by atoms with E-state index in [9.17, 15) is 14.0 Å². The molecule has 5 N–H and O–H groups in total. The van der Waals surface area contributed by atoms with E-state index in [1.165, 1.54) is 50.0 Å². The predicted octanol–water partition coefficient (Wildman–Crippen LogP) is 3.64. The van der Waals surface area contributed by atoms with Crippen LogP contribution in [0.1, 0.15) is 10.4 Å². The number of primary amides is 1. The third kappa shape index (κ3) is 4.26. The molecule has 0 fully saturated rings. The Kier molecular flexibility index (Phi) is 5.53. The van der Waals surface area contributed by atoms with Gasteiger partial charge in [0.25, 0.3) is 5.91 Å². The zero-order valence-corrected chi connectivity index (χ0v) is 16.7. The molecule has 0 unspecified atom stereocenters. The largest absolute Gasteiger partial charge is 0.496 e. The molecule has 4 aromatic rings. The molecule has 162 valence electrons. The van der Waals surface area contributed by atoms with Crippen LogP contribution in [0.25, 0.3) is 10.9 Å². The van der Waals surface area contributed by atoms with Crippen LogP contribution in [0.5, 0.6) is 17.2 Å². The molecular weight excluding hydrogens is 419 g/mol. The van der Waals surface area contributed by atoms with Gasteiger partial charge in [-0.2, -0.15) is 5.10 Å². The minimum absolute atomic E-state index is 0.0882. The first-order chi connectivity index (χ1) is 15.4. The summed E-state index contributed by atoms with van der Waals surface area (Å²) in [7, 11) is 1.41. The van der Waals surface area contributed by atoms with Crippen LogP contribution in [0.4, 0.5) is 20.6 Å². The van der Waals surface area contributed by atoms with E-state index in [0.717, 1.165) is 6.07 Å². The van der Waals surface area contributed by atoms with Gasteiger partial charge in [0, 0.05) is 35.6 Å². The van der Waals surface area contributed by atoms with Gasteiger partial charge in [-0.3, -0.25) is 14.9 Å². The van der Waals surface area contributed by atoms with E-state index < -0.39 is 17.8 Å². The Balaban J connectivity index is 1.58. The zero-order valence-electron chi connectivity index (χ0n) is 16.7. The molecule has 0 saturated heterocycles. The average Bonchev–Trinajstić information content (AvgIpc) is 3.27. The number of hydrogen-bond acceptors (Lipinski definition) is 6. The summed E-state index contributed by atoms with van der Waals surface area (Å²) in [6.07, 6.45) is 4.40. The number of methoxy groups -OCH3 is 1. The van der Waals surface area contributed by atoms with Gasteiger partial charge in [0.05, 0.1) is 30.1 Å². The standard InChI is InChI=1S/C21H17FN6O4/c1-31-19-8-16-13(7-14(19)20(23)29)17(4-5-24-16)32-18-3-2-11(6-15(18)22)27-21(30)28-12-9-25-26-10-12/h2-10H,1H3,(H2,23,29)(H,25,26)(H2,27,28,30). The fourth-order valence-electron chi connectivity index (χ4n) is 2.99. The van der Waals surface area contributed by atoms with Crippen molar-refractivity contribution in [1.82, 2.24) is 15.2 Å². The first-order valence-electron chi connectivity index (χ1n) is 9.25. The second-order valence-electron chi connectivity index (χ2n) is 6.56. The minimum Gasteiger partial charge on any atom is -0.496 e. The molecule has 0 aliphatic heterocycles. The highest BCUT2D eigenvalue weighted by molar-refractivity contribution is 6.01. The van der Waals surface area contributed by atoms with Gasteiger partial charge in [-0.1, -0.05) is 0 Å². The smallest absolute Gasteiger partial charge is 0.323 e. The maximum atomic E-state index is 14.7. The Morgan fingerprint density at radius 3 is 2.56 bits per heavy atom. The third-order valence-electron chi connectivity index (χ3n) is 4.45. The third-order valence-corrected chi connectivity index (χ3v) is 4.45. The molecule has 0 atom stereocenters. The van der Waals surface area contributed by atoms with E-state index in [1.54, 1.807) is 6.07 Å². The lowest BCUT2D eigenvalue weighted by molar-refractivity contribution is 0.0997. The van der Waals surface area contributed by atoms with Gasteiger partial charge in [-0.15, -0.1) is 0 Å². The number of pyridine rings is 1. The van der Waals surface area contributed by atoms with E-state index in [1.807, 2.05) is 0 Å². The fourth-order valence-corrected chi connectivity index (χ4v) is 2.99. The van der Waals surface area contributed by atoms with Gasteiger partial charge in [0.2, 0.25) is 0 Å². The number of carbonyl (C=O) groups excluding carboxylic acids is 2. The van der Waals surface area contributed by atoms with Crippen LogP contribution in [0.15, 0.2) is 55.0 Å². The van der Waals surface area contributed by atoms with E-state index >= 15 is 0 Å². The summed E-state index contributed by atoms with van der Waals surface area (Å²) in [5.74, 6) is -0.953. The van der Waals surface area contributed by atoms with Crippen LogP contribution in [0.2, 0.25) is 0 Å². The molecule has 0 bridgehead atoms. The number of benzene rings is 2. The van der Waals surface area contributed by atoms with Crippen molar-refractivity contribution in [3.8, 4) is 17.2 Å². The van der Waals surface area contributed by atoms with Crippen molar-refractivity contribution in [3.63, 3.8) is 0 Å². The highest BCUT2D eigenvalue weighted by Gasteiger charge is 2.16. The first kappa shape index (κ1) is 20.6. The number of fused-ring (bicyclic) bond motifs is 1. The van der Waals surface area contributed by atoms with Crippen molar-refractivity contribution < 1.29 is 23.5 Å². The zero-order chi connectivity index (χ0) is 22.7. The predicted molar refractivity (Wildman–Crippen MR) is 115 cm³/mol. The van der Waals surface area contributed by atoms with E-state index in [4.69, 9.17) is 15.2 Å². The number of ether oxygens (including phenoxy) is 2. The number of nitrogens with one attached hydrogen (secondary N) is 3. The van der Waals surface area contributed by atoms with Gasteiger partial charge in [-0.05, 0) is 24.3 Å². The lowest BCUT2D eigenvalue weighted by Gasteiger charge is -2.13. The number of aromatic amines is 1. The average molecular weight is 436 g/mol. The Labute approximate surface area is 180 Å². The number of carbonyl (C=O) groups is 2. The van der Waals surface area contributed by atoms with Gasteiger partial charge < -0.3 is 25.8 Å².